The third-order valence-corrected chi connectivity index (χ3v) is 5.80. The van der Waals surface area contributed by atoms with Gasteiger partial charge in [-0.15, -0.1) is 0 Å². The van der Waals surface area contributed by atoms with Crippen molar-refractivity contribution >= 4 is 28.5 Å². The lowest BCUT2D eigenvalue weighted by atomic mass is 9.97. The van der Waals surface area contributed by atoms with Crippen LogP contribution in [0.1, 0.15) is 18.9 Å². The van der Waals surface area contributed by atoms with Gasteiger partial charge < -0.3 is 14.6 Å². The van der Waals surface area contributed by atoms with Crippen molar-refractivity contribution in [3.63, 3.8) is 0 Å². The Kier molecular flexibility index (Phi) is 7.31. The number of ether oxygens (including phenoxy) is 2. The Morgan fingerprint density at radius 3 is 2.31 bits per heavy atom. The molecule has 0 fully saturated rings. The molecule has 4 rings (SSSR count). The summed E-state index contributed by atoms with van der Waals surface area (Å²) in [6.45, 7) is 1.78. The second kappa shape index (κ2) is 10.7. The number of methoxy groups -OCH3 is 1. The van der Waals surface area contributed by atoms with Gasteiger partial charge >= 0.3 is 12.1 Å². The minimum atomic E-state index is -0.845. The molecule has 1 unspecified atom stereocenters. The Labute approximate surface area is 204 Å². The summed E-state index contributed by atoms with van der Waals surface area (Å²) >= 11 is 0. The second-order valence-electron chi connectivity index (χ2n) is 8.18. The molecule has 0 aliphatic heterocycles. The van der Waals surface area contributed by atoms with Crippen LogP contribution in [0, 0.1) is 0 Å². The van der Waals surface area contributed by atoms with Crippen LogP contribution in [0.15, 0.2) is 91.0 Å². The molecule has 0 heterocycles. The third kappa shape index (κ3) is 5.61. The van der Waals surface area contributed by atoms with E-state index in [2.05, 4.69) is 12.1 Å². The van der Waals surface area contributed by atoms with Crippen LogP contribution < -0.4 is 9.64 Å². The number of amides is 1. The highest BCUT2D eigenvalue weighted by molar-refractivity contribution is 5.89. The van der Waals surface area contributed by atoms with Gasteiger partial charge in [-0.1, -0.05) is 60.7 Å². The van der Waals surface area contributed by atoms with E-state index < -0.39 is 18.3 Å². The quantitative estimate of drug-likeness (QED) is 0.297. The molecule has 178 valence electrons. The van der Waals surface area contributed by atoms with Crippen molar-refractivity contribution < 1.29 is 24.2 Å². The number of rotatable bonds is 8. The molecule has 0 spiro atoms. The molecule has 35 heavy (non-hydrogen) atoms. The Balaban J connectivity index is 1.73. The molecule has 6 nitrogen and oxygen atoms in total. The zero-order valence-electron chi connectivity index (χ0n) is 19.7. The number of carbonyl (C=O) groups is 2. The SMILES string of the molecule is COC(=O)N(c1ccccc1)C(C)Oc1ccc(CCC(=O)O)cc1-c1ccc2ccccc2c1. The van der Waals surface area contributed by atoms with Crippen molar-refractivity contribution in [2.45, 2.75) is 26.0 Å². The molecule has 1 N–H and O–H groups in total. The number of aryl methyl sites for hydroxylation is 1. The molecule has 6 heteroatoms. The standard InChI is InChI=1S/C29H27NO5/c1-20(30(29(33)34-2)25-10-4-3-5-11-25)35-27-16-12-21(13-17-28(31)32)18-26(27)24-15-14-22-8-6-7-9-23(22)19-24/h3-12,14-16,18-20H,13,17H2,1-2H3,(H,31,32). The summed E-state index contributed by atoms with van der Waals surface area (Å²) in [5.41, 5.74) is 3.30. The van der Waals surface area contributed by atoms with Crippen LogP contribution in [0.2, 0.25) is 0 Å². The average molecular weight is 470 g/mol. The number of carboxylic acids is 1. The van der Waals surface area contributed by atoms with Crippen molar-refractivity contribution in [3.8, 4) is 16.9 Å². The lowest BCUT2D eigenvalue weighted by molar-refractivity contribution is -0.136. The lowest BCUT2D eigenvalue weighted by Gasteiger charge is -2.29. The van der Waals surface area contributed by atoms with Crippen molar-refractivity contribution in [2.75, 3.05) is 12.0 Å². The number of hydrogen-bond acceptors (Lipinski definition) is 4. The summed E-state index contributed by atoms with van der Waals surface area (Å²) < 4.78 is 11.4. The number of hydrogen-bond donors (Lipinski definition) is 1. The summed E-state index contributed by atoms with van der Waals surface area (Å²) in [5.74, 6) is -0.264. The van der Waals surface area contributed by atoms with Gasteiger partial charge in [-0.3, -0.25) is 4.79 Å². The Hall–Kier alpha value is -4.32. The van der Waals surface area contributed by atoms with Gasteiger partial charge in [0.05, 0.1) is 12.8 Å². The number of carboxylic acid groups (broad SMARTS) is 1. The highest BCUT2D eigenvalue weighted by atomic mass is 16.6. The average Bonchev–Trinajstić information content (AvgIpc) is 2.88. The van der Waals surface area contributed by atoms with E-state index in [1.54, 1.807) is 6.92 Å². The summed E-state index contributed by atoms with van der Waals surface area (Å²) in [6.07, 6.45) is -0.759. The Bertz CT molecular complexity index is 1340. The largest absolute Gasteiger partial charge is 0.481 e. The van der Waals surface area contributed by atoms with Crippen molar-refractivity contribution in [2.24, 2.45) is 0 Å². The zero-order valence-corrected chi connectivity index (χ0v) is 19.7. The van der Waals surface area contributed by atoms with Crippen molar-refractivity contribution in [3.05, 3.63) is 96.6 Å². The first-order valence-electron chi connectivity index (χ1n) is 11.4. The highest BCUT2D eigenvalue weighted by Gasteiger charge is 2.25. The maximum atomic E-state index is 12.6. The number of benzene rings is 4. The van der Waals surface area contributed by atoms with E-state index in [0.29, 0.717) is 17.9 Å². The minimum absolute atomic E-state index is 0.0396. The maximum absolute atomic E-state index is 12.6. The van der Waals surface area contributed by atoms with Gasteiger partial charge in [-0.25, -0.2) is 9.69 Å². The lowest BCUT2D eigenvalue weighted by Crippen LogP contribution is -2.42. The number of fused-ring (bicyclic) bond motifs is 1. The number of aliphatic carboxylic acids is 1. The topological polar surface area (TPSA) is 76.1 Å². The normalized spacial score (nSPS) is 11.6. The van der Waals surface area contributed by atoms with Crippen LogP contribution >= 0.6 is 0 Å². The predicted molar refractivity (Wildman–Crippen MR) is 137 cm³/mol. The van der Waals surface area contributed by atoms with E-state index in [9.17, 15) is 9.59 Å². The zero-order chi connectivity index (χ0) is 24.8. The first-order valence-corrected chi connectivity index (χ1v) is 11.4. The minimum Gasteiger partial charge on any atom is -0.481 e. The molecule has 0 bridgehead atoms. The fourth-order valence-electron chi connectivity index (χ4n) is 4.06. The number of nitrogens with zero attached hydrogens (tertiary/aromatic N) is 1. The maximum Gasteiger partial charge on any atom is 0.416 e. The van der Waals surface area contributed by atoms with E-state index >= 15 is 0 Å². The smallest absolute Gasteiger partial charge is 0.416 e. The number of carbonyl (C=O) groups excluding carboxylic acids is 1. The number of para-hydroxylation sites is 1. The van der Waals surface area contributed by atoms with Crippen molar-refractivity contribution in [1.29, 1.82) is 0 Å². The molecule has 0 aliphatic rings. The molecule has 0 radical (unpaired) electrons. The van der Waals surface area contributed by atoms with Gasteiger partial charge in [0, 0.05) is 12.0 Å². The fraction of sp³-hybridized carbons (Fsp3) is 0.172. The predicted octanol–water partition coefficient (Wildman–Crippen LogP) is 6.52. The third-order valence-electron chi connectivity index (χ3n) is 5.80. The van der Waals surface area contributed by atoms with Gasteiger partial charge in [-0.05, 0) is 65.6 Å². The molecular formula is C29H27NO5. The van der Waals surface area contributed by atoms with E-state index in [1.807, 2.05) is 78.9 Å². The monoisotopic (exact) mass is 469 g/mol. The number of anilines is 1. The summed E-state index contributed by atoms with van der Waals surface area (Å²) in [7, 11) is 1.34. The van der Waals surface area contributed by atoms with E-state index in [1.165, 1.54) is 12.0 Å². The van der Waals surface area contributed by atoms with E-state index in [-0.39, 0.29) is 6.42 Å². The molecule has 4 aromatic carbocycles. The molecule has 0 aromatic heterocycles. The summed E-state index contributed by atoms with van der Waals surface area (Å²) in [4.78, 5) is 25.2. The molecule has 4 aromatic rings. The van der Waals surface area contributed by atoms with Crippen LogP contribution in [0.25, 0.3) is 21.9 Å². The molecular weight excluding hydrogens is 442 g/mol. The first kappa shape index (κ1) is 23.8. The summed E-state index contributed by atoms with van der Waals surface area (Å²) in [6, 6.07) is 29.1. The van der Waals surface area contributed by atoms with Gasteiger partial charge in [0.15, 0.2) is 6.23 Å². The molecule has 1 amide bonds. The molecule has 0 aliphatic carbocycles. The van der Waals surface area contributed by atoms with E-state index in [0.717, 1.165) is 27.5 Å². The van der Waals surface area contributed by atoms with Gasteiger partial charge in [-0.2, -0.15) is 0 Å². The Morgan fingerprint density at radius 2 is 1.60 bits per heavy atom. The van der Waals surface area contributed by atoms with Crippen LogP contribution in [-0.2, 0) is 16.0 Å². The Morgan fingerprint density at radius 1 is 0.886 bits per heavy atom. The van der Waals surface area contributed by atoms with Crippen LogP contribution in [0.4, 0.5) is 10.5 Å². The second-order valence-corrected chi connectivity index (χ2v) is 8.18. The van der Waals surface area contributed by atoms with Gasteiger partial charge in [0.25, 0.3) is 0 Å². The van der Waals surface area contributed by atoms with Crippen LogP contribution in [0.5, 0.6) is 5.75 Å². The van der Waals surface area contributed by atoms with Crippen molar-refractivity contribution in [1.82, 2.24) is 0 Å². The summed E-state index contributed by atoms with van der Waals surface area (Å²) in [5, 5.41) is 11.3. The van der Waals surface area contributed by atoms with E-state index in [4.69, 9.17) is 14.6 Å². The van der Waals surface area contributed by atoms with Crippen LogP contribution in [0.3, 0.4) is 0 Å². The molecule has 0 saturated heterocycles. The highest BCUT2D eigenvalue weighted by Crippen LogP contribution is 2.35. The molecule has 1 atom stereocenters. The van der Waals surface area contributed by atoms with Crippen LogP contribution in [-0.4, -0.2) is 30.5 Å². The fourth-order valence-corrected chi connectivity index (χ4v) is 4.06. The molecule has 0 saturated carbocycles. The van der Waals surface area contributed by atoms with Gasteiger partial charge in [0.2, 0.25) is 0 Å². The van der Waals surface area contributed by atoms with Gasteiger partial charge in [0.1, 0.15) is 5.75 Å². The first-order chi connectivity index (χ1) is 17.0.